The molecule has 10 heteroatoms. The largest absolute Gasteiger partial charge is 0.408 e. The van der Waals surface area contributed by atoms with Gasteiger partial charge in [-0.25, -0.2) is 8.42 Å². The number of aryl methyl sites for hydroxylation is 1. The van der Waals surface area contributed by atoms with E-state index in [4.69, 9.17) is 16.0 Å². The maximum atomic E-state index is 12.7. The number of benzene rings is 1. The third-order valence-electron chi connectivity index (χ3n) is 3.25. The standard InChI is InChI=1S/C15H18ClN3O4S2/c1-5-8-24-13-11(25(4,21)22)7-6-10(12(13)16)14(20)19(3)15-18-17-9(2)23-15/h6-7H,5,8H2,1-4H3. The van der Waals surface area contributed by atoms with Gasteiger partial charge in [-0.05, 0) is 24.3 Å². The fraction of sp³-hybridized carbons (Fsp3) is 0.400. The van der Waals surface area contributed by atoms with E-state index in [9.17, 15) is 13.2 Å². The second kappa shape index (κ2) is 7.76. The number of hydrogen-bond donors (Lipinski definition) is 0. The second-order valence-electron chi connectivity index (χ2n) is 5.34. The maximum Gasteiger partial charge on any atom is 0.324 e. The molecule has 1 aromatic carbocycles. The zero-order valence-corrected chi connectivity index (χ0v) is 16.6. The first-order valence-corrected chi connectivity index (χ1v) is 10.7. The molecule has 1 amide bonds. The third kappa shape index (κ3) is 4.34. The zero-order valence-electron chi connectivity index (χ0n) is 14.2. The molecular formula is C15H18ClN3O4S2. The molecule has 0 atom stereocenters. The summed E-state index contributed by atoms with van der Waals surface area (Å²) in [4.78, 5) is 14.4. The van der Waals surface area contributed by atoms with Crippen LogP contribution in [0.25, 0.3) is 0 Å². The fourth-order valence-corrected chi connectivity index (χ4v) is 4.73. The summed E-state index contributed by atoms with van der Waals surface area (Å²) in [7, 11) is -1.99. The lowest BCUT2D eigenvalue weighted by atomic mass is 10.2. The molecule has 7 nitrogen and oxygen atoms in total. The normalized spacial score (nSPS) is 11.6. The summed E-state index contributed by atoms with van der Waals surface area (Å²) in [5.74, 6) is 0.540. The number of rotatable bonds is 6. The highest BCUT2D eigenvalue weighted by Crippen LogP contribution is 2.37. The molecule has 0 spiro atoms. The van der Waals surface area contributed by atoms with Crippen molar-refractivity contribution in [3.05, 3.63) is 28.6 Å². The molecule has 0 unspecified atom stereocenters. The molecule has 0 saturated carbocycles. The van der Waals surface area contributed by atoms with Gasteiger partial charge in [0, 0.05) is 25.1 Å². The predicted molar refractivity (Wildman–Crippen MR) is 97.3 cm³/mol. The SMILES string of the molecule is CCCSc1c(S(C)(=O)=O)ccc(C(=O)N(C)c2nnc(C)o2)c1Cl. The first-order chi connectivity index (χ1) is 11.7. The van der Waals surface area contributed by atoms with Gasteiger partial charge in [0.1, 0.15) is 0 Å². The Labute approximate surface area is 155 Å². The van der Waals surface area contributed by atoms with Crippen LogP contribution in [0, 0.1) is 6.92 Å². The molecule has 0 aliphatic carbocycles. The summed E-state index contributed by atoms with van der Waals surface area (Å²) in [6.45, 7) is 3.59. The molecule has 1 heterocycles. The van der Waals surface area contributed by atoms with Gasteiger partial charge in [0.25, 0.3) is 5.91 Å². The van der Waals surface area contributed by atoms with Gasteiger partial charge >= 0.3 is 6.01 Å². The van der Waals surface area contributed by atoms with Crippen LogP contribution in [0.15, 0.2) is 26.3 Å². The summed E-state index contributed by atoms with van der Waals surface area (Å²) < 4.78 is 29.3. The lowest BCUT2D eigenvalue weighted by Crippen LogP contribution is -2.27. The highest BCUT2D eigenvalue weighted by Gasteiger charge is 2.25. The molecule has 25 heavy (non-hydrogen) atoms. The van der Waals surface area contributed by atoms with Gasteiger partial charge in [0.2, 0.25) is 5.89 Å². The first kappa shape index (κ1) is 19.7. The minimum atomic E-state index is -3.47. The van der Waals surface area contributed by atoms with E-state index >= 15 is 0 Å². The van der Waals surface area contributed by atoms with E-state index in [1.807, 2.05) is 6.92 Å². The number of carbonyl (C=O) groups excluding carboxylic acids is 1. The van der Waals surface area contributed by atoms with Crippen LogP contribution in [0.4, 0.5) is 6.01 Å². The molecule has 0 saturated heterocycles. The number of nitrogens with zero attached hydrogens (tertiary/aromatic N) is 3. The van der Waals surface area contributed by atoms with E-state index in [1.54, 1.807) is 6.92 Å². The van der Waals surface area contributed by atoms with E-state index in [2.05, 4.69) is 10.2 Å². The van der Waals surface area contributed by atoms with Crippen LogP contribution in [0.5, 0.6) is 0 Å². The first-order valence-electron chi connectivity index (χ1n) is 7.40. The number of amides is 1. The molecule has 2 aromatic rings. The summed E-state index contributed by atoms with van der Waals surface area (Å²) in [6.07, 6.45) is 1.95. The highest BCUT2D eigenvalue weighted by atomic mass is 35.5. The summed E-state index contributed by atoms with van der Waals surface area (Å²) in [5, 5.41) is 7.58. The molecule has 1 aromatic heterocycles. The Bertz CT molecular complexity index is 896. The monoisotopic (exact) mass is 403 g/mol. The lowest BCUT2D eigenvalue weighted by Gasteiger charge is -2.16. The van der Waals surface area contributed by atoms with E-state index < -0.39 is 15.7 Å². The number of anilines is 1. The number of thioether (sulfide) groups is 1. The second-order valence-corrected chi connectivity index (χ2v) is 8.81. The van der Waals surface area contributed by atoms with Crippen LogP contribution in [0.2, 0.25) is 5.02 Å². The molecule has 0 bridgehead atoms. The Morgan fingerprint density at radius 3 is 2.56 bits per heavy atom. The van der Waals surface area contributed by atoms with E-state index in [0.29, 0.717) is 16.5 Å². The quantitative estimate of drug-likeness (QED) is 0.683. The Kier molecular flexibility index (Phi) is 6.12. The van der Waals surface area contributed by atoms with Crippen LogP contribution >= 0.6 is 23.4 Å². The van der Waals surface area contributed by atoms with Crippen LogP contribution in [0.3, 0.4) is 0 Å². The molecule has 0 N–H and O–H groups in total. The van der Waals surface area contributed by atoms with Crippen molar-refractivity contribution in [3.63, 3.8) is 0 Å². The molecule has 2 rings (SSSR count). The van der Waals surface area contributed by atoms with Crippen molar-refractivity contribution in [1.29, 1.82) is 0 Å². The highest BCUT2D eigenvalue weighted by molar-refractivity contribution is 8.00. The van der Waals surface area contributed by atoms with Gasteiger partial charge < -0.3 is 4.42 Å². The lowest BCUT2D eigenvalue weighted by molar-refractivity contribution is 0.0988. The van der Waals surface area contributed by atoms with E-state index in [1.165, 1.54) is 35.8 Å². The van der Waals surface area contributed by atoms with Crippen molar-refractivity contribution in [2.45, 2.75) is 30.1 Å². The molecule has 0 aliphatic rings. The molecular weight excluding hydrogens is 386 g/mol. The average molecular weight is 404 g/mol. The smallest absolute Gasteiger partial charge is 0.324 e. The van der Waals surface area contributed by atoms with Crippen molar-refractivity contribution in [3.8, 4) is 0 Å². The van der Waals surface area contributed by atoms with E-state index in [0.717, 1.165) is 12.7 Å². The Hall–Kier alpha value is -1.58. The summed E-state index contributed by atoms with van der Waals surface area (Å²) in [5.41, 5.74) is 0.172. The van der Waals surface area contributed by atoms with Crippen LogP contribution in [-0.4, -0.2) is 43.6 Å². The summed E-state index contributed by atoms with van der Waals surface area (Å²) >= 11 is 7.70. The van der Waals surface area contributed by atoms with Gasteiger partial charge in [-0.1, -0.05) is 23.6 Å². The van der Waals surface area contributed by atoms with Crippen LogP contribution in [-0.2, 0) is 9.84 Å². The topological polar surface area (TPSA) is 93.4 Å². The van der Waals surface area contributed by atoms with Gasteiger partial charge in [0.05, 0.1) is 15.5 Å². The molecule has 136 valence electrons. The Balaban J connectivity index is 2.49. The van der Waals surface area contributed by atoms with Gasteiger partial charge in [0.15, 0.2) is 9.84 Å². The Morgan fingerprint density at radius 2 is 2.04 bits per heavy atom. The minimum Gasteiger partial charge on any atom is -0.408 e. The van der Waals surface area contributed by atoms with Crippen LogP contribution < -0.4 is 4.90 Å². The molecule has 0 radical (unpaired) electrons. The van der Waals surface area contributed by atoms with Crippen molar-refractivity contribution in [2.75, 3.05) is 24.0 Å². The number of hydrogen-bond acceptors (Lipinski definition) is 7. The van der Waals surface area contributed by atoms with Crippen molar-refractivity contribution in [1.82, 2.24) is 10.2 Å². The molecule has 0 aliphatic heterocycles. The zero-order chi connectivity index (χ0) is 18.8. The van der Waals surface area contributed by atoms with Crippen molar-refractivity contribution >= 4 is 45.1 Å². The number of aromatic nitrogens is 2. The fourth-order valence-electron chi connectivity index (χ4n) is 2.02. The van der Waals surface area contributed by atoms with Gasteiger partial charge in [-0.15, -0.1) is 16.9 Å². The summed E-state index contributed by atoms with van der Waals surface area (Å²) in [6, 6.07) is 2.84. The van der Waals surface area contributed by atoms with Crippen molar-refractivity contribution < 1.29 is 17.6 Å². The van der Waals surface area contributed by atoms with Gasteiger partial charge in [-0.2, -0.15) is 0 Å². The van der Waals surface area contributed by atoms with Crippen molar-refractivity contribution in [2.24, 2.45) is 0 Å². The Morgan fingerprint density at radius 1 is 1.36 bits per heavy atom. The van der Waals surface area contributed by atoms with E-state index in [-0.39, 0.29) is 21.5 Å². The number of sulfone groups is 1. The van der Waals surface area contributed by atoms with Gasteiger partial charge in [-0.3, -0.25) is 9.69 Å². The minimum absolute atomic E-state index is 0.0357. The molecule has 0 fully saturated rings. The number of halogens is 1. The predicted octanol–water partition coefficient (Wildman–Crippen LogP) is 3.21. The third-order valence-corrected chi connectivity index (χ3v) is 6.35. The average Bonchev–Trinajstić information content (AvgIpc) is 2.97. The number of carbonyl (C=O) groups is 1. The maximum absolute atomic E-state index is 12.7. The van der Waals surface area contributed by atoms with Crippen LogP contribution in [0.1, 0.15) is 29.6 Å².